The van der Waals surface area contributed by atoms with Crippen LogP contribution in [0.4, 0.5) is 5.69 Å². The van der Waals surface area contributed by atoms with Crippen molar-refractivity contribution in [1.29, 1.82) is 5.41 Å². The van der Waals surface area contributed by atoms with Gasteiger partial charge in [0.05, 0.1) is 17.5 Å². The van der Waals surface area contributed by atoms with Crippen molar-refractivity contribution in [2.24, 2.45) is 0 Å². The molecule has 8 heteroatoms. The van der Waals surface area contributed by atoms with Gasteiger partial charge in [0.25, 0.3) is 5.91 Å². The van der Waals surface area contributed by atoms with Gasteiger partial charge >= 0.3 is 0 Å². The summed E-state index contributed by atoms with van der Waals surface area (Å²) in [6.45, 7) is 2.02. The maximum absolute atomic E-state index is 12.6. The van der Waals surface area contributed by atoms with Crippen molar-refractivity contribution in [3.05, 3.63) is 52.4 Å². The summed E-state index contributed by atoms with van der Waals surface area (Å²) in [5.41, 5.74) is 3.25. The van der Waals surface area contributed by atoms with Crippen LogP contribution in [0, 0.1) is 5.41 Å². The number of H-pyrrole nitrogens is 1. The predicted octanol–water partition coefficient (Wildman–Crippen LogP) is 3.35. The van der Waals surface area contributed by atoms with Crippen LogP contribution in [-0.4, -0.2) is 39.2 Å². The number of anilines is 1. The van der Waals surface area contributed by atoms with Gasteiger partial charge in [-0.2, -0.15) is 0 Å². The number of nitrogens with zero attached hydrogens (tertiary/aromatic N) is 2. The lowest BCUT2D eigenvalue weighted by Crippen LogP contribution is -2.34. The first-order valence-electron chi connectivity index (χ1n) is 8.63. The molecule has 2 heterocycles. The van der Waals surface area contributed by atoms with E-state index in [0.717, 1.165) is 18.5 Å². The summed E-state index contributed by atoms with van der Waals surface area (Å²) in [7, 11) is 1.77. The highest BCUT2D eigenvalue weighted by atomic mass is 35.5. The molecule has 1 aromatic carbocycles. The standard InChI is InChI=1S/C19H19ClN6O/c1-19(5-6-19)26-18(27)12-8-23-17-16(12)25-14(9-24-17)15(21)11-4-3-10(20)7-13(11)22-2/h3-4,7-9,21-22H,5-6H2,1-2H3,(H,23,24)(H,26,27). The summed E-state index contributed by atoms with van der Waals surface area (Å²) in [5.74, 6) is -0.179. The van der Waals surface area contributed by atoms with Crippen LogP contribution in [0.1, 0.15) is 41.4 Å². The molecule has 4 N–H and O–H groups in total. The quantitative estimate of drug-likeness (QED) is 0.507. The molecule has 0 aliphatic heterocycles. The fourth-order valence-electron chi connectivity index (χ4n) is 2.92. The monoisotopic (exact) mass is 382 g/mol. The highest BCUT2D eigenvalue weighted by molar-refractivity contribution is 6.31. The Labute approximate surface area is 161 Å². The number of amides is 1. The Kier molecular flexibility index (Phi) is 4.11. The van der Waals surface area contributed by atoms with Crippen molar-refractivity contribution in [2.75, 3.05) is 12.4 Å². The molecular formula is C19H19ClN6O. The second-order valence-corrected chi connectivity index (χ2v) is 7.42. The fourth-order valence-corrected chi connectivity index (χ4v) is 3.09. The van der Waals surface area contributed by atoms with Crippen LogP contribution in [0.25, 0.3) is 11.2 Å². The summed E-state index contributed by atoms with van der Waals surface area (Å²) < 4.78 is 0. The molecule has 7 nitrogen and oxygen atoms in total. The third-order valence-corrected chi connectivity index (χ3v) is 5.05. The molecule has 1 aliphatic rings. The maximum atomic E-state index is 12.6. The molecule has 1 fully saturated rings. The number of aromatic nitrogens is 3. The average Bonchev–Trinajstić information content (AvgIpc) is 3.22. The molecule has 0 unspecified atom stereocenters. The van der Waals surface area contributed by atoms with Gasteiger partial charge in [0.2, 0.25) is 0 Å². The van der Waals surface area contributed by atoms with E-state index >= 15 is 0 Å². The van der Waals surface area contributed by atoms with Crippen LogP contribution < -0.4 is 10.6 Å². The first-order chi connectivity index (χ1) is 12.9. The zero-order chi connectivity index (χ0) is 19.2. The van der Waals surface area contributed by atoms with Gasteiger partial charge in [0.15, 0.2) is 5.65 Å². The molecule has 0 saturated heterocycles. The van der Waals surface area contributed by atoms with Crippen molar-refractivity contribution in [3.8, 4) is 0 Å². The largest absolute Gasteiger partial charge is 0.388 e. The van der Waals surface area contributed by atoms with E-state index < -0.39 is 0 Å². The van der Waals surface area contributed by atoms with Crippen molar-refractivity contribution in [3.63, 3.8) is 0 Å². The number of benzene rings is 1. The minimum atomic E-state index is -0.179. The highest BCUT2D eigenvalue weighted by Crippen LogP contribution is 2.34. The molecule has 0 radical (unpaired) electrons. The van der Waals surface area contributed by atoms with Gasteiger partial charge in [-0.05, 0) is 38.0 Å². The lowest BCUT2D eigenvalue weighted by molar-refractivity contribution is 0.0937. The molecule has 0 spiro atoms. The topological polar surface area (TPSA) is 107 Å². The van der Waals surface area contributed by atoms with E-state index in [4.69, 9.17) is 17.0 Å². The van der Waals surface area contributed by atoms with Gasteiger partial charge < -0.3 is 15.6 Å². The Morgan fingerprint density at radius 2 is 2.11 bits per heavy atom. The van der Waals surface area contributed by atoms with E-state index in [1.165, 1.54) is 6.20 Å². The van der Waals surface area contributed by atoms with E-state index in [2.05, 4.69) is 25.6 Å². The summed E-state index contributed by atoms with van der Waals surface area (Å²) in [6.07, 6.45) is 5.09. The lowest BCUT2D eigenvalue weighted by Gasteiger charge is -2.11. The molecule has 0 bridgehead atoms. The Balaban J connectivity index is 1.72. The van der Waals surface area contributed by atoms with Crippen LogP contribution in [0.2, 0.25) is 5.02 Å². The third-order valence-electron chi connectivity index (χ3n) is 4.82. The molecule has 1 saturated carbocycles. The van der Waals surface area contributed by atoms with Crippen LogP contribution in [0.3, 0.4) is 0 Å². The van der Waals surface area contributed by atoms with E-state index in [0.29, 0.717) is 33.0 Å². The Morgan fingerprint density at radius 3 is 2.81 bits per heavy atom. The Bertz CT molecular complexity index is 1070. The first kappa shape index (κ1) is 17.5. The molecule has 138 valence electrons. The minimum absolute atomic E-state index is 0.122. The maximum Gasteiger partial charge on any atom is 0.255 e. The van der Waals surface area contributed by atoms with Gasteiger partial charge in [-0.3, -0.25) is 10.2 Å². The molecule has 4 rings (SSSR count). The molecule has 27 heavy (non-hydrogen) atoms. The van der Waals surface area contributed by atoms with E-state index in [1.54, 1.807) is 31.4 Å². The number of hydrogen-bond donors (Lipinski definition) is 4. The summed E-state index contributed by atoms with van der Waals surface area (Å²) in [5, 5.41) is 15.2. The zero-order valence-corrected chi connectivity index (χ0v) is 15.7. The van der Waals surface area contributed by atoms with Gasteiger partial charge in [0.1, 0.15) is 11.2 Å². The molecule has 1 aliphatic carbocycles. The fraction of sp³-hybridized carbons (Fsp3) is 0.263. The third kappa shape index (κ3) is 3.26. The average molecular weight is 383 g/mol. The molecular weight excluding hydrogens is 364 g/mol. The number of aromatic amines is 1. The Hall–Kier alpha value is -2.93. The van der Waals surface area contributed by atoms with Crippen LogP contribution >= 0.6 is 11.6 Å². The van der Waals surface area contributed by atoms with Gasteiger partial charge in [-0.1, -0.05) is 11.6 Å². The number of rotatable bonds is 5. The zero-order valence-electron chi connectivity index (χ0n) is 15.0. The number of fused-ring (bicyclic) bond motifs is 1. The van der Waals surface area contributed by atoms with Gasteiger partial charge in [-0.15, -0.1) is 0 Å². The van der Waals surface area contributed by atoms with E-state index in [-0.39, 0.29) is 17.2 Å². The molecule has 3 aromatic rings. The van der Waals surface area contributed by atoms with Gasteiger partial charge in [-0.25, -0.2) is 9.97 Å². The van der Waals surface area contributed by atoms with Gasteiger partial charge in [0, 0.05) is 35.1 Å². The SMILES string of the molecule is CNc1cc(Cl)ccc1C(=N)c1cnc2[nH]cc(C(=O)NC3(C)CC3)c2n1. The summed E-state index contributed by atoms with van der Waals surface area (Å²) in [4.78, 5) is 24.4. The Morgan fingerprint density at radius 1 is 1.33 bits per heavy atom. The normalized spacial score (nSPS) is 14.8. The smallest absolute Gasteiger partial charge is 0.255 e. The predicted molar refractivity (Wildman–Crippen MR) is 106 cm³/mol. The van der Waals surface area contributed by atoms with Crippen molar-refractivity contribution in [2.45, 2.75) is 25.3 Å². The molecule has 1 amide bonds. The second kappa shape index (κ2) is 6.35. The van der Waals surface area contributed by atoms with Crippen molar-refractivity contribution < 1.29 is 4.79 Å². The lowest BCUT2D eigenvalue weighted by atomic mass is 10.1. The minimum Gasteiger partial charge on any atom is -0.388 e. The number of carbonyl (C=O) groups is 1. The van der Waals surface area contributed by atoms with Crippen LogP contribution in [0.15, 0.2) is 30.6 Å². The van der Waals surface area contributed by atoms with Crippen LogP contribution in [-0.2, 0) is 0 Å². The van der Waals surface area contributed by atoms with E-state index in [1.807, 2.05) is 6.92 Å². The summed E-state index contributed by atoms with van der Waals surface area (Å²) >= 11 is 6.04. The summed E-state index contributed by atoms with van der Waals surface area (Å²) in [6, 6.07) is 5.24. The van der Waals surface area contributed by atoms with Crippen LogP contribution in [0.5, 0.6) is 0 Å². The molecule has 0 atom stereocenters. The first-order valence-corrected chi connectivity index (χ1v) is 9.01. The second-order valence-electron chi connectivity index (χ2n) is 6.98. The number of nitrogens with one attached hydrogen (secondary N) is 4. The number of halogens is 1. The van der Waals surface area contributed by atoms with E-state index in [9.17, 15) is 4.79 Å². The highest BCUT2D eigenvalue weighted by Gasteiger charge is 2.39. The molecule has 2 aromatic heterocycles. The number of hydrogen-bond acceptors (Lipinski definition) is 5. The van der Waals surface area contributed by atoms with Crippen molar-refractivity contribution in [1.82, 2.24) is 20.3 Å². The van der Waals surface area contributed by atoms with Crippen molar-refractivity contribution >= 4 is 40.1 Å². The number of carbonyl (C=O) groups excluding carboxylic acids is 1.